The Morgan fingerprint density at radius 1 is 1.10 bits per heavy atom. The smallest absolute Gasteiger partial charge is 0.336 e. The Morgan fingerprint density at radius 3 is 2.53 bits per heavy atom. The number of amides is 1. The molecule has 30 heavy (non-hydrogen) atoms. The predicted molar refractivity (Wildman–Crippen MR) is 105 cm³/mol. The molecule has 3 aromatic rings. The van der Waals surface area contributed by atoms with Crippen LogP contribution in [0.2, 0.25) is 0 Å². The van der Waals surface area contributed by atoms with Gasteiger partial charge in [-0.15, -0.1) is 0 Å². The summed E-state index contributed by atoms with van der Waals surface area (Å²) in [5.74, 6) is -0.103. The molecular formula is C21H22F3N5O. The summed E-state index contributed by atoms with van der Waals surface area (Å²) in [6.07, 6.45) is -2.76. The number of rotatable bonds is 3. The van der Waals surface area contributed by atoms with Crippen LogP contribution in [-0.2, 0) is 12.7 Å². The summed E-state index contributed by atoms with van der Waals surface area (Å²) in [7, 11) is 0. The van der Waals surface area contributed by atoms with Crippen molar-refractivity contribution >= 4 is 11.6 Å². The predicted octanol–water partition coefficient (Wildman–Crippen LogP) is 3.32. The van der Waals surface area contributed by atoms with Crippen molar-refractivity contribution in [3.05, 3.63) is 64.6 Å². The van der Waals surface area contributed by atoms with Crippen LogP contribution in [0.4, 0.5) is 13.2 Å². The molecule has 0 atom stereocenters. The van der Waals surface area contributed by atoms with Crippen LogP contribution in [0.1, 0.15) is 32.9 Å². The Hall–Kier alpha value is -2.94. The van der Waals surface area contributed by atoms with Crippen molar-refractivity contribution in [2.24, 2.45) is 0 Å². The molecule has 2 aromatic heterocycles. The number of carbonyl (C=O) groups is 1. The number of alkyl halides is 3. The molecule has 1 saturated heterocycles. The largest absolute Gasteiger partial charge is 0.416 e. The van der Waals surface area contributed by atoms with Gasteiger partial charge in [0.15, 0.2) is 5.65 Å². The number of piperazine rings is 1. The molecule has 0 unspecified atom stereocenters. The van der Waals surface area contributed by atoms with Gasteiger partial charge in [0.25, 0.3) is 5.91 Å². The second-order valence-electron chi connectivity index (χ2n) is 7.58. The molecule has 0 aliphatic carbocycles. The number of nitrogens with zero attached hydrogens (tertiary/aromatic N) is 5. The fraction of sp³-hybridized carbons (Fsp3) is 0.381. The summed E-state index contributed by atoms with van der Waals surface area (Å²) in [6, 6.07) is 7.25. The first kappa shape index (κ1) is 20.3. The highest BCUT2D eigenvalue weighted by atomic mass is 19.4. The van der Waals surface area contributed by atoms with Crippen LogP contribution in [0, 0.1) is 13.8 Å². The van der Waals surface area contributed by atoms with E-state index in [1.54, 1.807) is 21.7 Å². The van der Waals surface area contributed by atoms with Crippen molar-refractivity contribution in [1.29, 1.82) is 0 Å². The average Bonchev–Trinajstić information content (AvgIpc) is 3.09. The number of hydrogen-bond acceptors (Lipinski definition) is 4. The zero-order valence-electron chi connectivity index (χ0n) is 16.8. The third-order valence-corrected chi connectivity index (χ3v) is 5.40. The average molecular weight is 417 g/mol. The van der Waals surface area contributed by atoms with Crippen molar-refractivity contribution in [3.8, 4) is 0 Å². The van der Waals surface area contributed by atoms with Crippen LogP contribution in [0.15, 0.2) is 36.5 Å². The Bertz CT molecular complexity index is 1080. The third-order valence-electron chi connectivity index (χ3n) is 5.40. The van der Waals surface area contributed by atoms with E-state index in [0.717, 1.165) is 17.5 Å². The van der Waals surface area contributed by atoms with Crippen molar-refractivity contribution in [1.82, 2.24) is 24.4 Å². The summed E-state index contributed by atoms with van der Waals surface area (Å²) < 4.78 is 40.4. The topological polar surface area (TPSA) is 53.7 Å². The van der Waals surface area contributed by atoms with Gasteiger partial charge in [-0.05, 0) is 25.5 Å². The van der Waals surface area contributed by atoms with Crippen LogP contribution in [0.25, 0.3) is 5.65 Å². The highest BCUT2D eigenvalue weighted by Crippen LogP contribution is 2.29. The lowest BCUT2D eigenvalue weighted by Crippen LogP contribution is -2.48. The van der Waals surface area contributed by atoms with Gasteiger partial charge in [0.2, 0.25) is 0 Å². The van der Waals surface area contributed by atoms with Crippen molar-refractivity contribution < 1.29 is 18.0 Å². The van der Waals surface area contributed by atoms with Crippen LogP contribution in [0.5, 0.6) is 0 Å². The number of fused-ring (bicyclic) bond motifs is 1. The Labute approximate surface area is 171 Å². The fourth-order valence-electron chi connectivity index (χ4n) is 3.76. The molecule has 1 aliphatic rings. The number of benzene rings is 1. The summed E-state index contributed by atoms with van der Waals surface area (Å²) >= 11 is 0. The molecule has 9 heteroatoms. The van der Waals surface area contributed by atoms with Crippen LogP contribution in [-0.4, -0.2) is 56.5 Å². The zero-order valence-corrected chi connectivity index (χ0v) is 16.8. The molecule has 3 heterocycles. The number of aryl methyl sites for hydroxylation is 2. The molecule has 1 fully saturated rings. The van der Waals surface area contributed by atoms with Gasteiger partial charge < -0.3 is 4.90 Å². The van der Waals surface area contributed by atoms with E-state index in [1.165, 1.54) is 12.1 Å². The van der Waals surface area contributed by atoms with E-state index in [2.05, 4.69) is 15.0 Å². The van der Waals surface area contributed by atoms with E-state index in [-0.39, 0.29) is 5.91 Å². The van der Waals surface area contributed by atoms with E-state index in [9.17, 15) is 18.0 Å². The maximum Gasteiger partial charge on any atom is 0.416 e. The van der Waals surface area contributed by atoms with E-state index < -0.39 is 11.7 Å². The van der Waals surface area contributed by atoms with Gasteiger partial charge in [-0.2, -0.15) is 18.3 Å². The highest BCUT2D eigenvalue weighted by molar-refractivity contribution is 5.95. The fourth-order valence-corrected chi connectivity index (χ4v) is 3.76. The normalized spacial score (nSPS) is 15.7. The Kier molecular flexibility index (Phi) is 5.23. The molecule has 0 N–H and O–H groups in total. The molecular weight excluding hydrogens is 395 g/mol. The standard InChI is InChI=1S/C21H22F3N5O/c1-14-10-19-25-12-18(15(2)29(19)26-14)20(30)28-8-6-27(7-9-28)13-16-4-3-5-17(11-16)21(22,23)24/h3-5,10-12H,6-9,13H2,1-2H3. The molecule has 4 rings (SSSR count). The number of halogens is 3. The molecule has 0 bridgehead atoms. The minimum Gasteiger partial charge on any atom is -0.336 e. The number of hydrogen-bond donors (Lipinski definition) is 0. The molecule has 1 aromatic carbocycles. The molecule has 1 aliphatic heterocycles. The first-order valence-corrected chi connectivity index (χ1v) is 9.72. The molecule has 0 spiro atoms. The Balaban J connectivity index is 1.41. The minimum absolute atomic E-state index is 0.103. The number of carbonyl (C=O) groups excluding carboxylic acids is 1. The van der Waals surface area contributed by atoms with Gasteiger partial charge in [-0.3, -0.25) is 9.69 Å². The van der Waals surface area contributed by atoms with Gasteiger partial charge >= 0.3 is 6.18 Å². The number of aromatic nitrogens is 3. The maximum atomic E-state index is 13.0. The van der Waals surface area contributed by atoms with Crippen LogP contribution in [0.3, 0.4) is 0 Å². The molecule has 6 nitrogen and oxygen atoms in total. The van der Waals surface area contributed by atoms with Crippen molar-refractivity contribution in [2.75, 3.05) is 26.2 Å². The van der Waals surface area contributed by atoms with E-state index >= 15 is 0 Å². The van der Waals surface area contributed by atoms with Gasteiger partial charge in [0.05, 0.1) is 22.5 Å². The summed E-state index contributed by atoms with van der Waals surface area (Å²) in [6.45, 7) is 6.35. The second kappa shape index (κ2) is 7.71. The first-order chi connectivity index (χ1) is 14.2. The molecule has 0 saturated carbocycles. The van der Waals surface area contributed by atoms with Crippen LogP contribution >= 0.6 is 0 Å². The first-order valence-electron chi connectivity index (χ1n) is 9.72. The van der Waals surface area contributed by atoms with Gasteiger partial charge in [-0.25, -0.2) is 9.50 Å². The third kappa shape index (κ3) is 4.02. The van der Waals surface area contributed by atoms with E-state index in [4.69, 9.17) is 0 Å². The lowest BCUT2D eigenvalue weighted by Gasteiger charge is -2.35. The van der Waals surface area contributed by atoms with Crippen LogP contribution < -0.4 is 0 Å². The summed E-state index contributed by atoms with van der Waals surface area (Å²) in [5, 5.41) is 4.38. The zero-order chi connectivity index (χ0) is 21.5. The quantitative estimate of drug-likeness (QED) is 0.656. The van der Waals surface area contributed by atoms with Gasteiger partial charge in [-0.1, -0.05) is 18.2 Å². The molecule has 1 amide bonds. The maximum absolute atomic E-state index is 13.0. The summed E-state index contributed by atoms with van der Waals surface area (Å²) in [4.78, 5) is 21.1. The highest BCUT2D eigenvalue weighted by Gasteiger charge is 2.30. The van der Waals surface area contributed by atoms with Gasteiger partial charge in [0.1, 0.15) is 0 Å². The minimum atomic E-state index is -4.35. The van der Waals surface area contributed by atoms with Crippen molar-refractivity contribution in [2.45, 2.75) is 26.6 Å². The lowest BCUT2D eigenvalue weighted by atomic mass is 10.1. The van der Waals surface area contributed by atoms with Gasteiger partial charge in [0, 0.05) is 45.0 Å². The lowest BCUT2D eigenvalue weighted by molar-refractivity contribution is -0.137. The molecule has 0 radical (unpaired) electrons. The van der Waals surface area contributed by atoms with E-state index in [1.807, 2.05) is 19.9 Å². The van der Waals surface area contributed by atoms with Crippen molar-refractivity contribution in [3.63, 3.8) is 0 Å². The molecule has 158 valence electrons. The Morgan fingerprint density at radius 2 is 1.83 bits per heavy atom. The second-order valence-corrected chi connectivity index (χ2v) is 7.58. The summed E-state index contributed by atoms with van der Waals surface area (Å²) in [5.41, 5.74) is 2.76. The SMILES string of the molecule is Cc1cc2ncc(C(=O)N3CCN(Cc4cccc(C(F)(F)F)c4)CC3)c(C)n2n1. The monoisotopic (exact) mass is 417 g/mol. The van der Waals surface area contributed by atoms with E-state index in [0.29, 0.717) is 49.5 Å².